The summed E-state index contributed by atoms with van der Waals surface area (Å²) in [6, 6.07) is 68.8. The molecule has 0 aliphatic carbocycles. The van der Waals surface area contributed by atoms with Crippen LogP contribution in [0.25, 0.3) is 61.6 Å². The molecule has 4 heteroatoms. The zero-order valence-corrected chi connectivity index (χ0v) is 36.1. The molecule has 0 bridgehead atoms. The molecule has 0 N–H and O–H groups in total. The first-order chi connectivity index (χ1) is 31.5. The highest BCUT2D eigenvalue weighted by Crippen LogP contribution is 2.40. The van der Waals surface area contributed by atoms with Gasteiger partial charge in [0, 0.05) is 58.5 Å². The van der Waals surface area contributed by atoms with Crippen LogP contribution in [0.3, 0.4) is 0 Å². The van der Waals surface area contributed by atoms with Crippen molar-refractivity contribution in [2.24, 2.45) is 4.99 Å². The summed E-state index contributed by atoms with van der Waals surface area (Å²) in [6.45, 7) is 12.8. The van der Waals surface area contributed by atoms with Gasteiger partial charge >= 0.3 is 0 Å². The summed E-state index contributed by atoms with van der Waals surface area (Å²) in [5, 5.41) is 1.19. The summed E-state index contributed by atoms with van der Waals surface area (Å²) in [4.78, 5) is 11.0. The number of anilines is 3. The first-order valence-corrected chi connectivity index (χ1v) is 21.5. The zero-order valence-electron chi connectivity index (χ0n) is 36.1. The largest absolute Gasteiger partial charge is 0.311 e. The summed E-state index contributed by atoms with van der Waals surface area (Å²) in [6.07, 6.45) is 11.2. The third-order valence-corrected chi connectivity index (χ3v) is 11.7. The van der Waals surface area contributed by atoms with Gasteiger partial charge in [0.25, 0.3) is 0 Å². The Hall–Kier alpha value is -8.34. The number of para-hydroxylation sites is 2. The van der Waals surface area contributed by atoms with Gasteiger partial charge in [0.05, 0.1) is 11.2 Å². The first kappa shape index (κ1) is 41.0. The number of hydrogen-bond acceptors (Lipinski definition) is 3. The number of pyridine rings is 1. The van der Waals surface area contributed by atoms with E-state index in [1.807, 2.05) is 18.5 Å². The Bertz CT molecular complexity index is 3140. The van der Waals surface area contributed by atoms with E-state index in [2.05, 4.69) is 234 Å². The summed E-state index contributed by atoms with van der Waals surface area (Å²) in [7, 11) is 0. The van der Waals surface area contributed by atoms with Crippen molar-refractivity contribution in [1.82, 2.24) is 9.55 Å². The van der Waals surface area contributed by atoms with Crippen molar-refractivity contribution in [3.63, 3.8) is 0 Å². The second kappa shape index (κ2) is 18.7. The minimum atomic E-state index is 0.959. The molecule has 0 unspecified atom stereocenters. The molecular formula is C60H48N4. The van der Waals surface area contributed by atoms with E-state index in [4.69, 9.17) is 6.58 Å². The topological polar surface area (TPSA) is 33.4 Å². The van der Waals surface area contributed by atoms with Gasteiger partial charge in [-0.3, -0.25) is 9.98 Å². The number of hydrogen-bond donors (Lipinski definition) is 0. The fourth-order valence-electron chi connectivity index (χ4n) is 8.31. The maximum absolute atomic E-state index is 4.79. The lowest BCUT2D eigenvalue weighted by Crippen LogP contribution is -2.09. The Labute approximate surface area is 376 Å². The second-order valence-corrected chi connectivity index (χ2v) is 15.8. The van der Waals surface area contributed by atoms with Gasteiger partial charge in [-0.05, 0) is 136 Å². The van der Waals surface area contributed by atoms with Gasteiger partial charge in [-0.25, -0.2) is 0 Å². The molecule has 0 saturated heterocycles. The Balaban J connectivity index is 1.05. The number of allylic oxidation sites excluding steroid dienone is 3. The molecule has 2 heterocycles. The minimum Gasteiger partial charge on any atom is -0.311 e. The summed E-state index contributed by atoms with van der Waals surface area (Å²) >= 11 is 0. The van der Waals surface area contributed by atoms with Crippen LogP contribution in [0.4, 0.5) is 17.1 Å². The third kappa shape index (κ3) is 8.58. The van der Waals surface area contributed by atoms with Crippen molar-refractivity contribution in [2.45, 2.75) is 13.8 Å². The monoisotopic (exact) mass is 824 g/mol. The molecule has 0 spiro atoms. The summed E-state index contributed by atoms with van der Waals surface area (Å²) in [5.41, 5.74) is 18.7. The average molecular weight is 825 g/mol. The predicted octanol–water partition coefficient (Wildman–Crippen LogP) is 16.1. The van der Waals surface area contributed by atoms with E-state index in [9.17, 15) is 0 Å². The van der Waals surface area contributed by atoms with E-state index in [1.54, 1.807) is 18.5 Å². The number of aliphatic imine (C=N–C) groups is 1. The summed E-state index contributed by atoms with van der Waals surface area (Å²) in [5.74, 6) is 0. The van der Waals surface area contributed by atoms with Gasteiger partial charge in [-0.1, -0.05) is 153 Å². The normalized spacial score (nSPS) is 11.8. The molecule has 0 radical (unpaired) electrons. The molecule has 9 rings (SSSR count). The molecule has 0 amide bonds. The highest BCUT2D eigenvalue weighted by atomic mass is 15.1. The molecule has 4 nitrogen and oxygen atoms in total. The Morgan fingerprint density at radius 3 is 1.69 bits per heavy atom. The smallest absolute Gasteiger partial charge is 0.0613 e. The van der Waals surface area contributed by atoms with Crippen molar-refractivity contribution >= 4 is 57.0 Å². The van der Waals surface area contributed by atoms with Crippen molar-refractivity contribution in [1.29, 1.82) is 0 Å². The molecule has 0 aliphatic rings. The van der Waals surface area contributed by atoms with E-state index in [1.165, 1.54) is 16.5 Å². The van der Waals surface area contributed by atoms with Gasteiger partial charge in [0.2, 0.25) is 0 Å². The van der Waals surface area contributed by atoms with Gasteiger partial charge < -0.3 is 9.47 Å². The Morgan fingerprint density at radius 2 is 1.08 bits per heavy atom. The van der Waals surface area contributed by atoms with Crippen molar-refractivity contribution < 1.29 is 0 Å². The quantitative estimate of drug-likeness (QED) is 0.109. The molecule has 0 aliphatic heterocycles. The van der Waals surface area contributed by atoms with Crippen LogP contribution in [0, 0.1) is 0 Å². The predicted molar refractivity (Wildman–Crippen MR) is 274 cm³/mol. The van der Waals surface area contributed by atoms with E-state index in [0.717, 1.165) is 84.1 Å². The minimum absolute atomic E-state index is 0.959. The Morgan fingerprint density at radius 1 is 0.547 bits per heavy atom. The van der Waals surface area contributed by atoms with Crippen LogP contribution in [0.15, 0.2) is 237 Å². The zero-order chi connectivity index (χ0) is 43.8. The maximum atomic E-state index is 4.79. The van der Waals surface area contributed by atoms with E-state index in [-0.39, 0.29) is 0 Å². The molecular weight excluding hydrogens is 777 g/mol. The van der Waals surface area contributed by atoms with E-state index in [0.29, 0.717) is 0 Å². The molecule has 0 fully saturated rings. The SMILES string of the molecule is C=CC=N/C=C(\C)c1ccc(N(c2ccc(-c3ccc(C(=C)c4c(/C=C(\C)c5ccccc5)c5ccccc5n4-c4ccccc4)cc3)cc2)c2ccc(-c3cccnc3)cc2)cc1. The molecule has 0 saturated carbocycles. The molecule has 64 heavy (non-hydrogen) atoms. The molecule has 0 atom stereocenters. The standard InChI is InChI=1S/C60H48N4/c1-5-38-61-41-44(3)47-26-32-54(33-27-47)63(56-36-30-51(31-37-56)52-17-14-39-62-42-52)55-34-28-50(29-35-55)49-24-22-48(23-25-49)45(4)60-58(40-43(2)46-15-8-6-9-16-46)57-20-12-13-21-59(57)64(60)53-18-10-7-11-19-53/h5-42H,1,4H2,2-3H3/b43-40+,44-41+,61-38?. The number of aromatic nitrogens is 2. The number of rotatable bonds is 13. The van der Waals surface area contributed by atoms with Gasteiger partial charge in [-0.15, -0.1) is 0 Å². The lowest BCUT2D eigenvalue weighted by Gasteiger charge is -2.26. The first-order valence-electron chi connectivity index (χ1n) is 21.5. The van der Waals surface area contributed by atoms with Crippen LogP contribution in [0.1, 0.15) is 41.8 Å². The number of nitrogens with zero attached hydrogens (tertiary/aromatic N) is 4. The summed E-state index contributed by atoms with van der Waals surface area (Å²) < 4.78 is 2.36. The van der Waals surface area contributed by atoms with Crippen LogP contribution in [0.2, 0.25) is 0 Å². The van der Waals surface area contributed by atoms with Gasteiger partial charge in [-0.2, -0.15) is 0 Å². The van der Waals surface area contributed by atoms with Crippen LogP contribution < -0.4 is 4.90 Å². The third-order valence-electron chi connectivity index (χ3n) is 11.7. The van der Waals surface area contributed by atoms with Crippen LogP contribution in [-0.2, 0) is 0 Å². The molecule has 9 aromatic rings. The molecule has 308 valence electrons. The Kier molecular flexibility index (Phi) is 12.0. The van der Waals surface area contributed by atoms with E-state index < -0.39 is 0 Å². The van der Waals surface area contributed by atoms with Crippen molar-refractivity contribution in [3.05, 3.63) is 260 Å². The molecule has 2 aromatic heterocycles. The van der Waals surface area contributed by atoms with Gasteiger partial charge in [0.15, 0.2) is 0 Å². The number of benzene rings is 7. The highest BCUT2D eigenvalue weighted by Gasteiger charge is 2.21. The fourth-order valence-corrected chi connectivity index (χ4v) is 8.31. The number of fused-ring (bicyclic) bond motifs is 1. The van der Waals surface area contributed by atoms with Crippen molar-refractivity contribution in [2.75, 3.05) is 4.90 Å². The maximum Gasteiger partial charge on any atom is 0.0613 e. The fraction of sp³-hybridized carbons (Fsp3) is 0.0333. The van der Waals surface area contributed by atoms with Crippen LogP contribution in [0.5, 0.6) is 0 Å². The second-order valence-electron chi connectivity index (χ2n) is 15.8. The van der Waals surface area contributed by atoms with Gasteiger partial charge in [0.1, 0.15) is 0 Å². The van der Waals surface area contributed by atoms with Crippen LogP contribution >= 0.6 is 0 Å². The average Bonchev–Trinajstić information content (AvgIpc) is 3.69. The van der Waals surface area contributed by atoms with E-state index >= 15 is 0 Å². The van der Waals surface area contributed by atoms with Crippen molar-refractivity contribution in [3.8, 4) is 27.9 Å². The molecule has 7 aromatic carbocycles. The van der Waals surface area contributed by atoms with Crippen LogP contribution in [-0.4, -0.2) is 15.8 Å². The highest BCUT2D eigenvalue weighted by molar-refractivity contribution is 6.02. The lowest BCUT2D eigenvalue weighted by molar-refractivity contribution is 1.10. The lowest BCUT2D eigenvalue weighted by atomic mass is 9.95.